The third-order valence-electron chi connectivity index (χ3n) is 6.02. The van der Waals surface area contributed by atoms with Gasteiger partial charge in [0.25, 0.3) is 0 Å². The van der Waals surface area contributed by atoms with E-state index < -0.39 is 6.10 Å². The van der Waals surface area contributed by atoms with Crippen molar-refractivity contribution in [3.8, 4) is 17.2 Å². The molecule has 0 fully saturated rings. The van der Waals surface area contributed by atoms with E-state index in [0.717, 1.165) is 11.1 Å². The highest BCUT2D eigenvalue weighted by Gasteiger charge is 2.41. The van der Waals surface area contributed by atoms with Crippen LogP contribution in [0, 0.1) is 5.41 Å². The lowest BCUT2D eigenvalue weighted by atomic mass is 9.73. The quantitative estimate of drug-likeness (QED) is 0.788. The zero-order valence-electron chi connectivity index (χ0n) is 16.6. The van der Waals surface area contributed by atoms with E-state index in [9.17, 15) is 9.90 Å². The van der Waals surface area contributed by atoms with Crippen LogP contribution in [0.1, 0.15) is 50.2 Å². The number of carbonyl (C=O) groups is 1. The van der Waals surface area contributed by atoms with E-state index >= 15 is 0 Å². The van der Waals surface area contributed by atoms with Gasteiger partial charge in [-0.1, -0.05) is 44.2 Å². The highest BCUT2D eigenvalue weighted by Crippen LogP contribution is 2.49. The highest BCUT2D eigenvalue weighted by atomic mass is 16.7. The van der Waals surface area contributed by atoms with Crippen molar-refractivity contribution in [1.29, 1.82) is 0 Å². The Morgan fingerprint density at radius 2 is 1.72 bits per heavy atom. The molecule has 2 aliphatic heterocycles. The van der Waals surface area contributed by atoms with Crippen molar-refractivity contribution in [3.63, 3.8) is 0 Å². The molecule has 0 radical (unpaired) electrons. The maximum atomic E-state index is 12.9. The first kappa shape index (κ1) is 18.1. The van der Waals surface area contributed by atoms with Gasteiger partial charge in [-0.2, -0.15) is 0 Å². The largest absolute Gasteiger partial charge is 0.512 e. The molecule has 2 atom stereocenters. The summed E-state index contributed by atoms with van der Waals surface area (Å²) in [5.74, 6) is 2.20. The number of hydrogen-bond donors (Lipinski definition) is 1. The fraction of sp³-hybridized carbons (Fsp3) is 0.375. The van der Waals surface area contributed by atoms with E-state index in [1.165, 1.54) is 0 Å². The summed E-state index contributed by atoms with van der Waals surface area (Å²) in [7, 11) is 0. The molecule has 150 valence electrons. The molecular formula is C24H24O5. The van der Waals surface area contributed by atoms with Crippen LogP contribution in [-0.2, 0) is 4.79 Å². The Bertz CT molecular complexity index is 1010. The average Bonchev–Trinajstić information content (AvgIpc) is 3.12. The number of ketones is 1. The second-order valence-electron chi connectivity index (χ2n) is 8.85. The van der Waals surface area contributed by atoms with Crippen LogP contribution in [-0.4, -0.2) is 23.8 Å². The van der Waals surface area contributed by atoms with Crippen molar-refractivity contribution in [3.05, 3.63) is 64.9 Å². The Morgan fingerprint density at radius 1 is 1.00 bits per heavy atom. The van der Waals surface area contributed by atoms with Gasteiger partial charge in [0.05, 0.1) is 5.57 Å². The number of aliphatic hydroxyl groups is 1. The van der Waals surface area contributed by atoms with Crippen LogP contribution in [0.4, 0.5) is 0 Å². The molecule has 1 aliphatic carbocycles. The van der Waals surface area contributed by atoms with Crippen molar-refractivity contribution in [2.45, 2.75) is 45.1 Å². The third kappa shape index (κ3) is 3.15. The molecule has 29 heavy (non-hydrogen) atoms. The van der Waals surface area contributed by atoms with Gasteiger partial charge in [-0.05, 0) is 23.5 Å². The van der Waals surface area contributed by atoms with Gasteiger partial charge in [-0.3, -0.25) is 4.79 Å². The van der Waals surface area contributed by atoms with Crippen LogP contribution in [0.2, 0.25) is 0 Å². The first-order valence-electron chi connectivity index (χ1n) is 10.0. The van der Waals surface area contributed by atoms with Crippen LogP contribution in [0.3, 0.4) is 0 Å². The van der Waals surface area contributed by atoms with Gasteiger partial charge in [-0.15, -0.1) is 0 Å². The fourth-order valence-corrected chi connectivity index (χ4v) is 4.70. The smallest absolute Gasteiger partial charge is 0.231 e. The van der Waals surface area contributed by atoms with Crippen LogP contribution < -0.4 is 14.2 Å². The van der Waals surface area contributed by atoms with Crippen molar-refractivity contribution in [2.24, 2.45) is 5.41 Å². The second kappa shape index (κ2) is 6.55. The Labute approximate surface area is 169 Å². The summed E-state index contributed by atoms with van der Waals surface area (Å²) in [5, 5.41) is 10.7. The van der Waals surface area contributed by atoms with Crippen LogP contribution in [0.5, 0.6) is 17.2 Å². The maximum Gasteiger partial charge on any atom is 0.231 e. The summed E-state index contributed by atoms with van der Waals surface area (Å²) in [6, 6.07) is 14.0. The molecule has 2 unspecified atom stereocenters. The SMILES string of the molecule is CC1(C)CC(=O)C(C2CC(c3ccccc3)c3cc4c(cc3O2)OCO4)=C(O)C1. The van der Waals surface area contributed by atoms with E-state index in [0.29, 0.717) is 42.1 Å². The minimum absolute atomic E-state index is 0.0280. The molecule has 0 bridgehead atoms. The maximum absolute atomic E-state index is 12.9. The van der Waals surface area contributed by atoms with Gasteiger partial charge in [0.1, 0.15) is 17.6 Å². The summed E-state index contributed by atoms with van der Waals surface area (Å²) in [6.07, 6.45) is 0.993. The first-order chi connectivity index (χ1) is 13.9. The molecule has 1 N–H and O–H groups in total. The second-order valence-corrected chi connectivity index (χ2v) is 8.85. The van der Waals surface area contributed by atoms with E-state index in [1.54, 1.807) is 0 Å². The van der Waals surface area contributed by atoms with Crippen molar-refractivity contribution in [1.82, 2.24) is 0 Å². The Hall–Kier alpha value is -2.95. The molecule has 5 nitrogen and oxygen atoms in total. The lowest BCUT2D eigenvalue weighted by Crippen LogP contribution is -2.36. The van der Waals surface area contributed by atoms with Gasteiger partial charge in [0, 0.05) is 30.4 Å². The summed E-state index contributed by atoms with van der Waals surface area (Å²) in [4.78, 5) is 12.9. The number of allylic oxidation sites excluding steroid dienone is 1. The van der Waals surface area contributed by atoms with E-state index in [-0.39, 0.29) is 29.7 Å². The lowest BCUT2D eigenvalue weighted by molar-refractivity contribution is -0.119. The van der Waals surface area contributed by atoms with E-state index in [1.807, 2.05) is 44.2 Å². The molecule has 5 heteroatoms. The average molecular weight is 392 g/mol. The number of carbonyl (C=O) groups excluding carboxylic acids is 1. The number of Topliss-reactive ketones (excluding diaryl/α,β-unsaturated/α-hetero) is 1. The zero-order valence-corrected chi connectivity index (χ0v) is 16.6. The fourth-order valence-electron chi connectivity index (χ4n) is 4.70. The van der Waals surface area contributed by atoms with Crippen LogP contribution >= 0.6 is 0 Å². The number of rotatable bonds is 2. The number of hydrogen-bond acceptors (Lipinski definition) is 5. The Balaban J connectivity index is 1.60. The van der Waals surface area contributed by atoms with Crippen molar-refractivity contribution in [2.75, 3.05) is 6.79 Å². The normalized spacial score (nSPS) is 24.8. The van der Waals surface area contributed by atoms with Crippen LogP contribution in [0.15, 0.2) is 53.8 Å². The lowest BCUT2D eigenvalue weighted by Gasteiger charge is -2.37. The standard InChI is InChI=1S/C24H24O5/c1-24(2)11-17(25)23(18(26)12-24)22-8-15(14-6-4-3-5-7-14)16-9-20-21(28-13-27-20)10-19(16)29-22/h3-7,9-10,15,22,25H,8,11-13H2,1-2H3. The summed E-state index contributed by atoms with van der Waals surface area (Å²) < 4.78 is 17.4. The van der Waals surface area contributed by atoms with E-state index in [4.69, 9.17) is 14.2 Å². The molecule has 0 aromatic heterocycles. The van der Waals surface area contributed by atoms with Gasteiger partial charge in [0.2, 0.25) is 6.79 Å². The molecule has 2 aromatic carbocycles. The molecule has 5 rings (SSSR count). The molecule has 0 spiro atoms. The number of ether oxygens (including phenoxy) is 3. The zero-order chi connectivity index (χ0) is 20.2. The molecule has 0 saturated carbocycles. The highest BCUT2D eigenvalue weighted by molar-refractivity contribution is 5.98. The van der Waals surface area contributed by atoms with Crippen molar-refractivity contribution >= 4 is 5.78 Å². The van der Waals surface area contributed by atoms with Crippen molar-refractivity contribution < 1.29 is 24.1 Å². The minimum Gasteiger partial charge on any atom is -0.512 e. The number of benzene rings is 2. The molecule has 0 saturated heterocycles. The molecular weight excluding hydrogens is 368 g/mol. The van der Waals surface area contributed by atoms with Gasteiger partial charge >= 0.3 is 0 Å². The Morgan fingerprint density at radius 3 is 2.45 bits per heavy atom. The molecule has 2 aromatic rings. The topological polar surface area (TPSA) is 65.0 Å². The Kier molecular flexibility index (Phi) is 4.09. The number of aliphatic hydroxyl groups excluding tert-OH is 1. The number of fused-ring (bicyclic) bond motifs is 2. The van der Waals surface area contributed by atoms with E-state index in [2.05, 4.69) is 12.1 Å². The third-order valence-corrected chi connectivity index (χ3v) is 6.02. The van der Waals surface area contributed by atoms with Crippen LogP contribution in [0.25, 0.3) is 0 Å². The molecule has 2 heterocycles. The van der Waals surface area contributed by atoms with Gasteiger partial charge in [0.15, 0.2) is 17.3 Å². The molecule has 3 aliphatic rings. The first-order valence-corrected chi connectivity index (χ1v) is 10.0. The van der Waals surface area contributed by atoms with Gasteiger partial charge < -0.3 is 19.3 Å². The summed E-state index contributed by atoms with van der Waals surface area (Å²) in [6.45, 7) is 4.20. The summed E-state index contributed by atoms with van der Waals surface area (Å²) >= 11 is 0. The minimum atomic E-state index is -0.489. The molecule has 0 amide bonds. The predicted molar refractivity (Wildman–Crippen MR) is 108 cm³/mol. The monoisotopic (exact) mass is 392 g/mol. The summed E-state index contributed by atoms with van der Waals surface area (Å²) in [5.41, 5.74) is 2.35. The predicted octanol–water partition coefficient (Wildman–Crippen LogP) is 4.90. The van der Waals surface area contributed by atoms with Gasteiger partial charge in [-0.25, -0.2) is 0 Å².